The Kier molecular flexibility index (Phi) is 7.39. The average Bonchev–Trinajstić information content (AvgIpc) is 3.08. The van der Waals surface area contributed by atoms with Crippen LogP contribution in [-0.4, -0.2) is 46.3 Å². The Morgan fingerprint density at radius 1 is 1.06 bits per heavy atom. The number of aromatic nitrogens is 1. The molecule has 0 radical (unpaired) electrons. The van der Waals surface area contributed by atoms with Crippen LogP contribution in [0.2, 0.25) is 0 Å². The Bertz CT molecular complexity index is 1290. The lowest BCUT2D eigenvalue weighted by Gasteiger charge is -2.21. The van der Waals surface area contributed by atoms with Gasteiger partial charge in [-0.25, -0.2) is 14.5 Å². The first kappa shape index (κ1) is 24.6. The standard InChI is InChI=1S/C27H26N4O5/c1-3-36-26(34)20-9-5-10-21(14-20)29-24(32)15-23-25(33)31(22-11-4-7-18(2)13-22)27(35)30(23)17-19-8-6-12-28-16-19/h4-14,16,23H,3,15,17H2,1-2H3,(H,29,32)/t23-/m1/s1. The highest BCUT2D eigenvalue weighted by molar-refractivity contribution is 6.22. The SMILES string of the molecule is CCOC(=O)c1cccc(NC(=O)C[C@@H]2C(=O)N(c3cccc(C)c3)C(=O)N2Cc2cccnc2)c1. The molecule has 9 nitrogen and oxygen atoms in total. The van der Waals surface area contributed by atoms with Gasteiger partial charge in [0.2, 0.25) is 5.91 Å². The van der Waals surface area contributed by atoms with Gasteiger partial charge in [0.05, 0.1) is 24.3 Å². The Labute approximate surface area is 208 Å². The van der Waals surface area contributed by atoms with Gasteiger partial charge < -0.3 is 15.0 Å². The van der Waals surface area contributed by atoms with Gasteiger partial charge >= 0.3 is 12.0 Å². The van der Waals surface area contributed by atoms with E-state index >= 15 is 0 Å². The highest BCUT2D eigenvalue weighted by Crippen LogP contribution is 2.29. The molecule has 0 saturated carbocycles. The second-order valence-corrected chi connectivity index (χ2v) is 8.35. The molecule has 1 aromatic heterocycles. The summed E-state index contributed by atoms with van der Waals surface area (Å²) in [4.78, 5) is 58.4. The Morgan fingerprint density at radius 3 is 2.58 bits per heavy atom. The first-order valence-corrected chi connectivity index (χ1v) is 11.5. The lowest BCUT2D eigenvalue weighted by Crippen LogP contribution is -2.37. The predicted molar refractivity (Wildman–Crippen MR) is 133 cm³/mol. The molecule has 2 heterocycles. The van der Waals surface area contributed by atoms with E-state index in [1.54, 1.807) is 67.8 Å². The number of aryl methyl sites for hydroxylation is 1. The third kappa shape index (κ3) is 5.41. The monoisotopic (exact) mass is 486 g/mol. The number of hydrogen-bond acceptors (Lipinski definition) is 6. The second-order valence-electron chi connectivity index (χ2n) is 8.35. The molecular weight excluding hydrogens is 460 g/mol. The summed E-state index contributed by atoms with van der Waals surface area (Å²) < 4.78 is 5.00. The van der Waals surface area contributed by atoms with Crippen LogP contribution in [0.25, 0.3) is 0 Å². The number of urea groups is 1. The van der Waals surface area contributed by atoms with Crippen LogP contribution in [-0.2, 0) is 20.9 Å². The van der Waals surface area contributed by atoms with Gasteiger partial charge in [0.15, 0.2) is 0 Å². The molecule has 184 valence electrons. The predicted octanol–water partition coefficient (Wildman–Crippen LogP) is 3.93. The minimum atomic E-state index is -1.01. The molecule has 1 aliphatic rings. The fourth-order valence-corrected chi connectivity index (χ4v) is 4.03. The third-order valence-corrected chi connectivity index (χ3v) is 5.69. The van der Waals surface area contributed by atoms with Crippen LogP contribution in [0.4, 0.5) is 16.2 Å². The zero-order valence-corrected chi connectivity index (χ0v) is 20.0. The summed E-state index contributed by atoms with van der Waals surface area (Å²) in [7, 11) is 0. The van der Waals surface area contributed by atoms with Crippen molar-refractivity contribution in [3.05, 3.63) is 89.7 Å². The van der Waals surface area contributed by atoms with Crippen molar-refractivity contribution < 1.29 is 23.9 Å². The fourth-order valence-electron chi connectivity index (χ4n) is 4.03. The maximum absolute atomic E-state index is 13.4. The molecule has 1 saturated heterocycles. The topological polar surface area (TPSA) is 109 Å². The number of nitrogens with one attached hydrogen (secondary N) is 1. The molecule has 36 heavy (non-hydrogen) atoms. The van der Waals surface area contributed by atoms with E-state index in [2.05, 4.69) is 10.3 Å². The summed E-state index contributed by atoms with van der Waals surface area (Å²) in [5.74, 6) is -1.45. The maximum Gasteiger partial charge on any atom is 0.338 e. The van der Waals surface area contributed by atoms with Gasteiger partial charge in [-0.2, -0.15) is 0 Å². The third-order valence-electron chi connectivity index (χ3n) is 5.69. The lowest BCUT2D eigenvalue weighted by atomic mass is 10.1. The summed E-state index contributed by atoms with van der Waals surface area (Å²) in [5.41, 5.74) is 2.76. The number of rotatable bonds is 8. The van der Waals surface area contributed by atoms with Gasteiger partial charge in [-0.3, -0.25) is 14.6 Å². The largest absolute Gasteiger partial charge is 0.462 e. The van der Waals surface area contributed by atoms with E-state index in [1.807, 2.05) is 13.0 Å². The molecule has 2 aromatic carbocycles. The van der Waals surface area contributed by atoms with Crippen molar-refractivity contribution >= 4 is 35.2 Å². The number of nitrogens with zero attached hydrogens (tertiary/aromatic N) is 3. The van der Waals surface area contributed by atoms with E-state index in [0.29, 0.717) is 16.9 Å². The van der Waals surface area contributed by atoms with E-state index < -0.39 is 29.9 Å². The number of anilines is 2. The molecular formula is C27H26N4O5. The number of esters is 1. The van der Waals surface area contributed by atoms with Crippen LogP contribution in [0.1, 0.15) is 34.8 Å². The number of hydrogen-bond donors (Lipinski definition) is 1. The van der Waals surface area contributed by atoms with Gasteiger partial charge in [0.1, 0.15) is 6.04 Å². The molecule has 0 spiro atoms. The molecule has 1 fully saturated rings. The quantitative estimate of drug-likeness (QED) is 0.382. The fraction of sp³-hybridized carbons (Fsp3) is 0.222. The summed E-state index contributed by atoms with van der Waals surface area (Å²) >= 11 is 0. The highest BCUT2D eigenvalue weighted by Gasteiger charge is 2.46. The molecule has 0 unspecified atom stereocenters. The average molecular weight is 487 g/mol. The summed E-state index contributed by atoms with van der Waals surface area (Å²) in [6, 6.07) is 15.5. The van der Waals surface area contributed by atoms with Crippen molar-refractivity contribution in [1.82, 2.24) is 9.88 Å². The van der Waals surface area contributed by atoms with Crippen LogP contribution < -0.4 is 10.2 Å². The summed E-state index contributed by atoms with van der Waals surface area (Å²) in [6.07, 6.45) is 2.98. The van der Waals surface area contributed by atoms with Gasteiger partial charge in [0, 0.05) is 24.6 Å². The van der Waals surface area contributed by atoms with Crippen molar-refractivity contribution in [2.75, 3.05) is 16.8 Å². The first-order valence-electron chi connectivity index (χ1n) is 11.5. The van der Waals surface area contributed by atoms with E-state index in [4.69, 9.17) is 4.74 Å². The minimum Gasteiger partial charge on any atom is -0.462 e. The van der Waals surface area contributed by atoms with Crippen molar-refractivity contribution in [2.24, 2.45) is 0 Å². The van der Waals surface area contributed by atoms with Crippen molar-refractivity contribution in [3.63, 3.8) is 0 Å². The van der Waals surface area contributed by atoms with Gasteiger partial charge in [-0.15, -0.1) is 0 Å². The summed E-state index contributed by atoms with van der Waals surface area (Å²) in [6.45, 7) is 3.94. The molecule has 3 aromatic rings. The van der Waals surface area contributed by atoms with Crippen molar-refractivity contribution in [1.29, 1.82) is 0 Å². The van der Waals surface area contributed by atoms with E-state index in [1.165, 1.54) is 11.0 Å². The Balaban J connectivity index is 1.57. The zero-order chi connectivity index (χ0) is 25.7. The Hall–Kier alpha value is -4.53. The van der Waals surface area contributed by atoms with E-state index in [-0.39, 0.29) is 19.6 Å². The second kappa shape index (κ2) is 10.8. The molecule has 4 amide bonds. The van der Waals surface area contributed by atoms with Gasteiger partial charge in [-0.05, 0) is 61.4 Å². The molecule has 1 aliphatic heterocycles. The van der Waals surface area contributed by atoms with Crippen molar-refractivity contribution in [2.45, 2.75) is 32.9 Å². The van der Waals surface area contributed by atoms with Crippen LogP contribution in [0.3, 0.4) is 0 Å². The van der Waals surface area contributed by atoms with Gasteiger partial charge in [0.25, 0.3) is 5.91 Å². The lowest BCUT2D eigenvalue weighted by molar-refractivity contribution is -0.124. The minimum absolute atomic E-state index is 0.122. The Morgan fingerprint density at radius 2 is 1.86 bits per heavy atom. The highest BCUT2D eigenvalue weighted by atomic mass is 16.5. The zero-order valence-electron chi connectivity index (χ0n) is 20.0. The normalized spacial score (nSPS) is 15.2. The van der Waals surface area contributed by atoms with E-state index in [0.717, 1.165) is 16.0 Å². The van der Waals surface area contributed by atoms with Crippen LogP contribution >= 0.6 is 0 Å². The number of benzene rings is 2. The molecule has 1 atom stereocenters. The van der Waals surface area contributed by atoms with E-state index in [9.17, 15) is 19.2 Å². The number of imide groups is 1. The molecule has 0 bridgehead atoms. The number of ether oxygens (including phenoxy) is 1. The molecule has 1 N–H and O–H groups in total. The van der Waals surface area contributed by atoms with Crippen LogP contribution in [0.15, 0.2) is 73.1 Å². The van der Waals surface area contributed by atoms with Crippen molar-refractivity contribution in [3.8, 4) is 0 Å². The first-order chi connectivity index (χ1) is 17.4. The van der Waals surface area contributed by atoms with Crippen LogP contribution in [0, 0.1) is 6.92 Å². The maximum atomic E-state index is 13.4. The van der Waals surface area contributed by atoms with Crippen LogP contribution in [0.5, 0.6) is 0 Å². The molecule has 0 aliphatic carbocycles. The molecule has 9 heteroatoms. The van der Waals surface area contributed by atoms with Gasteiger partial charge in [-0.1, -0.05) is 24.3 Å². The number of amides is 4. The number of pyridine rings is 1. The number of carbonyl (C=O) groups excluding carboxylic acids is 4. The smallest absolute Gasteiger partial charge is 0.338 e. The number of carbonyl (C=O) groups is 4. The molecule has 4 rings (SSSR count). The summed E-state index contributed by atoms with van der Waals surface area (Å²) in [5, 5.41) is 2.72.